The topological polar surface area (TPSA) is 71.3 Å². The van der Waals surface area contributed by atoms with E-state index in [0.717, 1.165) is 0 Å². The van der Waals surface area contributed by atoms with Crippen LogP contribution in [0.5, 0.6) is 0 Å². The standard InChI is InChI=1S/C11H15BrN2O3/c1-6(2)13-10(15)7(3)14-11(16)8-4-5-9(12)17-8/h4-7H,1-3H3,(H,13,15)(H,14,16). The summed E-state index contributed by atoms with van der Waals surface area (Å²) in [5, 5.41) is 5.26. The van der Waals surface area contributed by atoms with Gasteiger partial charge in [0.1, 0.15) is 6.04 Å². The predicted octanol–water partition coefficient (Wildman–Crippen LogP) is 1.68. The summed E-state index contributed by atoms with van der Waals surface area (Å²) in [6, 6.07) is 2.59. The van der Waals surface area contributed by atoms with Crippen molar-refractivity contribution in [1.82, 2.24) is 10.6 Å². The fourth-order valence-electron chi connectivity index (χ4n) is 1.18. The molecule has 1 unspecified atom stereocenters. The SMILES string of the molecule is CC(C)NC(=O)C(C)NC(=O)c1ccc(Br)o1. The number of carbonyl (C=O) groups is 2. The van der Waals surface area contributed by atoms with Gasteiger partial charge in [-0.15, -0.1) is 0 Å². The second-order valence-corrected chi connectivity index (χ2v) is 4.74. The van der Waals surface area contributed by atoms with Gasteiger partial charge in [0.15, 0.2) is 10.4 Å². The number of nitrogens with one attached hydrogen (secondary N) is 2. The molecule has 0 aromatic carbocycles. The zero-order valence-electron chi connectivity index (χ0n) is 9.91. The average Bonchev–Trinajstić information content (AvgIpc) is 2.63. The molecule has 6 heteroatoms. The van der Waals surface area contributed by atoms with Crippen molar-refractivity contribution in [1.29, 1.82) is 0 Å². The molecule has 17 heavy (non-hydrogen) atoms. The van der Waals surface area contributed by atoms with E-state index in [1.165, 1.54) is 6.07 Å². The van der Waals surface area contributed by atoms with Crippen molar-refractivity contribution in [2.24, 2.45) is 0 Å². The molecule has 0 aliphatic rings. The largest absolute Gasteiger partial charge is 0.444 e. The number of hydrogen-bond acceptors (Lipinski definition) is 3. The maximum Gasteiger partial charge on any atom is 0.287 e. The van der Waals surface area contributed by atoms with Gasteiger partial charge in [-0.1, -0.05) is 0 Å². The Balaban J connectivity index is 2.54. The minimum Gasteiger partial charge on any atom is -0.444 e. The Bertz CT molecular complexity index is 415. The minimum absolute atomic E-state index is 0.0413. The van der Waals surface area contributed by atoms with Gasteiger partial charge in [-0.2, -0.15) is 0 Å². The molecule has 0 fully saturated rings. The van der Waals surface area contributed by atoms with Gasteiger partial charge in [0.25, 0.3) is 5.91 Å². The van der Waals surface area contributed by atoms with Gasteiger partial charge >= 0.3 is 0 Å². The van der Waals surface area contributed by atoms with Crippen molar-refractivity contribution in [3.8, 4) is 0 Å². The predicted molar refractivity (Wildman–Crippen MR) is 66.6 cm³/mol. The third-order valence-electron chi connectivity index (χ3n) is 1.97. The van der Waals surface area contributed by atoms with E-state index in [1.807, 2.05) is 13.8 Å². The van der Waals surface area contributed by atoms with Gasteiger partial charge in [-0.3, -0.25) is 9.59 Å². The molecule has 1 atom stereocenters. The van der Waals surface area contributed by atoms with E-state index in [1.54, 1.807) is 13.0 Å². The number of amides is 2. The Morgan fingerprint density at radius 1 is 1.24 bits per heavy atom. The third-order valence-corrected chi connectivity index (χ3v) is 2.40. The van der Waals surface area contributed by atoms with E-state index < -0.39 is 11.9 Å². The zero-order valence-corrected chi connectivity index (χ0v) is 11.5. The number of carbonyl (C=O) groups excluding carboxylic acids is 2. The number of hydrogen-bond donors (Lipinski definition) is 2. The molecule has 1 aromatic rings. The van der Waals surface area contributed by atoms with Crippen LogP contribution in [0, 0.1) is 0 Å². The second kappa shape index (κ2) is 5.86. The molecular formula is C11H15BrN2O3. The van der Waals surface area contributed by atoms with Crippen LogP contribution < -0.4 is 10.6 Å². The van der Waals surface area contributed by atoms with Crippen LogP contribution >= 0.6 is 15.9 Å². The highest BCUT2D eigenvalue weighted by Crippen LogP contribution is 2.13. The first-order chi connectivity index (χ1) is 7.90. The van der Waals surface area contributed by atoms with E-state index in [-0.39, 0.29) is 17.7 Å². The van der Waals surface area contributed by atoms with Crippen molar-refractivity contribution < 1.29 is 14.0 Å². The van der Waals surface area contributed by atoms with Crippen LogP contribution in [0.15, 0.2) is 21.2 Å². The third kappa shape index (κ3) is 4.22. The Labute approximate surface area is 108 Å². The first kappa shape index (κ1) is 13.8. The van der Waals surface area contributed by atoms with Gasteiger partial charge < -0.3 is 15.1 Å². The molecule has 1 heterocycles. The van der Waals surface area contributed by atoms with Crippen LogP contribution in [0.4, 0.5) is 0 Å². The lowest BCUT2D eigenvalue weighted by molar-refractivity contribution is -0.123. The molecule has 0 saturated carbocycles. The Morgan fingerprint density at radius 2 is 1.88 bits per heavy atom. The van der Waals surface area contributed by atoms with E-state index in [4.69, 9.17) is 4.42 Å². The summed E-state index contributed by atoms with van der Waals surface area (Å²) < 4.78 is 5.55. The minimum atomic E-state index is -0.603. The lowest BCUT2D eigenvalue weighted by atomic mass is 10.2. The van der Waals surface area contributed by atoms with Gasteiger partial charge in [-0.25, -0.2) is 0 Å². The van der Waals surface area contributed by atoms with E-state index in [9.17, 15) is 9.59 Å². The van der Waals surface area contributed by atoms with Crippen molar-refractivity contribution in [3.05, 3.63) is 22.6 Å². The van der Waals surface area contributed by atoms with Gasteiger partial charge in [0, 0.05) is 6.04 Å². The molecule has 0 radical (unpaired) electrons. The molecule has 5 nitrogen and oxygen atoms in total. The second-order valence-electron chi connectivity index (χ2n) is 3.96. The molecule has 0 spiro atoms. The van der Waals surface area contributed by atoms with E-state index in [0.29, 0.717) is 4.67 Å². The lowest BCUT2D eigenvalue weighted by Crippen LogP contribution is -2.46. The highest BCUT2D eigenvalue weighted by atomic mass is 79.9. The van der Waals surface area contributed by atoms with Crippen LogP contribution in [0.3, 0.4) is 0 Å². The molecule has 1 rings (SSSR count). The molecule has 0 aliphatic heterocycles. The normalized spacial score (nSPS) is 12.3. The molecule has 0 saturated heterocycles. The maximum absolute atomic E-state index is 11.7. The van der Waals surface area contributed by atoms with Crippen molar-refractivity contribution in [2.45, 2.75) is 32.9 Å². The summed E-state index contributed by atoms with van der Waals surface area (Å²) in [7, 11) is 0. The molecule has 0 bridgehead atoms. The van der Waals surface area contributed by atoms with Crippen molar-refractivity contribution >= 4 is 27.7 Å². The first-order valence-electron chi connectivity index (χ1n) is 5.26. The van der Waals surface area contributed by atoms with Crippen molar-refractivity contribution in [2.75, 3.05) is 0 Å². The zero-order chi connectivity index (χ0) is 13.0. The summed E-state index contributed by atoms with van der Waals surface area (Å²) in [6.07, 6.45) is 0. The molecule has 1 aromatic heterocycles. The van der Waals surface area contributed by atoms with E-state index in [2.05, 4.69) is 26.6 Å². The van der Waals surface area contributed by atoms with Crippen LogP contribution in [-0.4, -0.2) is 23.9 Å². The average molecular weight is 303 g/mol. The summed E-state index contributed by atoms with van der Waals surface area (Å²) in [5.41, 5.74) is 0. The van der Waals surface area contributed by atoms with Crippen molar-refractivity contribution in [3.63, 3.8) is 0 Å². The summed E-state index contributed by atoms with van der Waals surface area (Å²) in [4.78, 5) is 23.2. The number of furan rings is 1. The summed E-state index contributed by atoms with van der Waals surface area (Å²) in [6.45, 7) is 5.33. The van der Waals surface area contributed by atoms with Crippen LogP contribution in [0.25, 0.3) is 0 Å². The maximum atomic E-state index is 11.7. The number of halogens is 1. The van der Waals surface area contributed by atoms with Crippen LogP contribution in [0.1, 0.15) is 31.3 Å². The van der Waals surface area contributed by atoms with Gasteiger partial charge in [0.05, 0.1) is 0 Å². The Hall–Kier alpha value is -1.30. The summed E-state index contributed by atoms with van der Waals surface area (Å²) >= 11 is 3.10. The molecular weight excluding hydrogens is 288 g/mol. The van der Waals surface area contributed by atoms with Gasteiger partial charge in [0.2, 0.25) is 5.91 Å². The summed E-state index contributed by atoms with van der Waals surface area (Å²) in [5.74, 6) is -0.470. The van der Waals surface area contributed by atoms with Crippen LogP contribution in [0.2, 0.25) is 0 Å². The molecule has 94 valence electrons. The lowest BCUT2D eigenvalue weighted by Gasteiger charge is -2.15. The highest BCUT2D eigenvalue weighted by molar-refractivity contribution is 9.10. The highest BCUT2D eigenvalue weighted by Gasteiger charge is 2.18. The smallest absolute Gasteiger partial charge is 0.287 e. The monoisotopic (exact) mass is 302 g/mol. The Morgan fingerprint density at radius 3 is 2.35 bits per heavy atom. The molecule has 0 aliphatic carbocycles. The fourth-order valence-corrected chi connectivity index (χ4v) is 1.49. The van der Waals surface area contributed by atoms with Gasteiger partial charge in [-0.05, 0) is 48.8 Å². The first-order valence-corrected chi connectivity index (χ1v) is 6.06. The molecule has 2 N–H and O–H groups in total. The Kier molecular flexibility index (Phi) is 4.74. The quantitative estimate of drug-likeness (QED) is 0.889. The molecule has 2 amide bonds. The van der Waals surface area contributed by atoms with Crippen LogP contribution in [-0.2, 0) is 4.79 Å². The fraction of sp³-hybridized carbons (Fsp3) is 0.455. The van der Waals surface area contributed by atoms with E-state index >= 15 is 0 Å². The number of rotatable bonds is 4.